The molecule has 5 aromatic rings. The van der Waals surface area contributed by atoms with Crippen LogP contribution in [-0.4, -0.2) is 26.9 Å². The SMILES string of the molecule is N#CC(NC(=O)c1cccc(Cc2ccc(Cn3ccccc3=O)cc2)c1)c1nn(C2CCCCO2)c2ccc(Cl)cc12. The molecule has 6 rings (SSSR count). The van der Waals surface area contributed by atoms with Crippen molar-refractivity contribution >= 4 is 28.4 Å². The minimum absolute atomic E-state index is 0.0381. The summed E-state index contributed by atoms with van der Waals surface area (Å²) in [4.78, 5) is 25.4. The van der Waals surface area contributed by atoms with E-state index in [9.17, 15) is 14.9 Å². The third-order valence-electron chi connectivity index (χ3n) is 7.68. The summed E-state index contributed by atoms with van der Waals surface area (Å²) in [7, 11) is 0. The zero-order valence-electron chi connectivity index (χ0n) is 23.4. The van der Waals surface area contributed by atoms with Crippen LogP contribution in [0.3, 0.4) is 0 Å². The van der Waals surface area contributed by atoms with Gasteiger partial charge in [-0.2, -0.15) is 10.4 Å². The number of carbonyl (C=O) groups excluding carboxylic acids is 1. The summed E-state index contributed by atoms with van der Waals surface area (Å²) in [6.45, 7) is 1.16. The van der Waals surface area contributed by atoms with Crippen LogP contribution in [0.1, 0.15) is 64.3 Å². The van der Waals surface area contributed by atoms with Gasteiger partial charge < -0.3 is 14.6 Å². The summed E-state index contributed by atoms with van der Waals surface area (Å²) in [5, 5.41) is 19.0. The van der Waals surface area contributed by atoms with Gasteiger partial charge in [-0.25, -0.2) is 4.68 Å². The van der Waals surface area contributed by atoms with Crippen molar-refractivity contribution < 1.29 is 9.53 Å². The first kappa shape index (κ1) is 28.4. The van der Waals surface area contributed by atoms with Crippen LogP contribution in [0.5, 0.6) is 0 Å². The lowest BCUT2D eigenvalue weighted by Crippen LogP contribution is -2.28. The minimum Gasteiger partial charge on any atom is -0.356 e. The van der Waals surface area contributed by atoms with Gasteiger partial charge in [0.15, 0.2) is 12.3 Å². The minimum atomic E-state index is -0.980. The van der Waals surface area contributed by atoms with Crippen molar-refractivity contribution in [1.29, 1.82) is 5.26 Å². The first-order valence-electron chi connectivity index (χ1n) is 14.3. The molecule has 0 radical (unpaired) electrons. The molecule has 2 unspecified atom stereocenters. The molecule has 1 saturated heterocycles. The highest BCUT2D eigenvalue weighted by Crippen LogP contribution is 2.32. The number of benzene rings is 3. The van der Waals surface area contributed by atoms with E-state index < -0.39 is 6.04 Å². The largest absolute Gasteiger partial charge is 0.356 e. The van der Waals surface area contributed by atoms with Crippen molar-refractivity contribution in [2.75, 3.05) is 6.61 Å². The molecule has 3 heterocycles. The Morgan fingerprint density at radius 3 is 2.63 bits per heavy atom. The normalized spacial score (nSPS) is 15.6. The smallest absolute Gasteiger partial charge is 0.252 e. The third kappa shape index (κ3) is 6.38. The van der Waals surface area contributed by atoms with Crippen LogP contribution in [0.15, 0.2) is 95.9 Å². The Balaban J connectivity index is 1.18. The summed E-state index contributed by atoms with van der Waals surface area (Å²) < 4.78 is 9.43. The summed E-state index contributed by atoms with van der Waals surface area (Å²) in [5.74, 6) is -0.365. The average molecular weight is 592 g/mol. The van der Waals surface area contributed by atoms with Crippen molar-refractivity contribution in [2.45, 2.75) is 44.5 Å². The molecule has 2 atom stereocenters. The Bertz CT molecular complexity index is 1870. The van der Waals surface area contributed by atoms with Crippen molar-refractivity contribution in [3.05, 3.63) is 134 Å². The molecule has 0 aliphatic carbocycles. The standard InChI is InChI=1S/C34H30ClN5O3/c35-27-14-15-30-28(20-27)33(38-40(30)32-9-2-4-17-43-32)29(21-36)37-34(42)26-7-5-6-25(19-26)18-23-10-12-24(13-11-23)22-39-16-3-1-8-31(39)41/h1,3,5-8,10-16,19-20,29,32H,2,4,9,17-18,22H2,(H,37,42). The molecule has 43 heavy (non-hydrogen) atoms. The second-order valence-electron chi connectivity index (χ2n) is 10.7. The van der Waals surface area contributed by atoms with E-state index in [-0.39, 0.29) is 17.7 Å². The molecule has 0 spiro atoms. The molecule has 1 aliphatic rings. The fraction of sp³-hybridized carbons (Fsp3) is 0.235. The molecular weight excluding hydrogens is 562 g/mol. The Labute approximate surface area is 254 Å². The van der Waals surface area contributed by atoms with Gasteiger partial charge >= 0.3 is 0 Å². The van der Waals surface area contributed by atoms with E-state index in [0.29, 0.717) is 41.2 Å². The predicted molar refractivity (Wildman–Crippen MR) is 165 cm³/mol. The number of aromatic nitrogens is 3. The van der Waals surface area contributed by atoms with E-state index in [1.807, 2.05) is 54.6 Å². The fourth-order valence-corrected chi connectivity index (χ4v) is 5.64. The van der Waals surface area contributed by atoms with Crippen LogP contribution in [0, 0.1) is 11.3 Å². The van der Waals surface area contributed by atoms with Crippen molar-refractivity contribution in [2.24, 2.45) is 0 Å². The lowest BCUT2D eigenvalue weighted by molar-refractivity contribution is -0.0369. The van der Waals surface area contributed by atoms with E-state index >= 15 is 0 Å². The zero-order valence-corrected chi connectivity index (χ0v) is 24.2. The number of hydrogen-bond acceptors (Lipinski definition) is 5. The monoisotopic (exact) mass is 591 g/mol. The number of hydrogen-bond donors (Lipinski definition) is 1. The van der Waals surface area contributed by atoms with Gasteiger partial charge in [0.25, 0.3) is 11.5 Å². The first-order chi connectivity index (χ1) is 21.0. The molecule has 216 valence electrons. The number of nitrogens with zero attached hydrogens (tertiary/aromatic N) is 4. The third-order valence-corrected chi connectivity index (χ3v) is 7.91. The second kappa shape index (κ2) is 12.7. The van der Waals surface area contributed by atoms with Gasteiger partial charge in [-0.1, -0.05) is 54.1 Å². The van der Waals surface area contributed by atoms with Gasteiger partial charge in [0.1, 0.15) is 5.69 Å². The van der Waals surface area contributed by atoms with Crippen LogP contribution in [0.4, 0.5) is 0 Å². The first-order valence-corrected chi connectivity index (χ1v) is 14.7. The lowest BCUT2D eigenvalue weighted by atomic mass is 10.0. The average Bonchev–Trinajstić information content (AvgIpc) is 3.41. The number of halogens is 1. The number of rotatable bonds is 8. The van der Waals surface area contributed by atoms with Gasteiger partial charge in [-0.15, -0.1) is 0 Å². The van der Waals surface area contributed by atoms with Gasteiger partial charge in [-0.3, -0.25) is 9.59 Å². The summed E-state index contributed by atoms with van der Waals surface area (Å²) in [6, 6.07) is 27.3. The number of amides is 1. The van der Waals surface area contributed by atoms with Crippen LogP contribution in [-0.2, 0) is 17.7 Å². The maximum absolute atomic E-state index is 13.4. The molecule has 9 heteroatoms. The van der Waals surface area contributed by atoms with Crippen LogP contribution >= 0.6 is 11.6 Å². The number of ether oxygens (including phenoxy) is 1. The Hall–Kier alpha value is -4.71. The number of nitrogens with one attached hydrogen (secondary N) is 1. The molecule has 1 N–H and O–H groups in total. The van der Waals surface area contributed by atoms with Crippen molar-refractivity contribution in [3.63, 3.8) is 0 Å². The summed E-state index contributed by atoms with van der Waals surface area (Å²) in [6.07, 6.45) is 5.04. The number of pyridine rings is 1. The van der Waals surface area contributed by atoms with E-state index in [1.165, 1.54) is 0 Å². The van der Waals surface area contributed by atoms with Gasteiger partial charge in [-0.05, 0) is 78.8 Å². The van der Waals surface area contributed by atoms with Gasteiger partial charge in [0.2, 0.25) is 0 Å². The van der Waals surface area contributed by atoms with Crippen molar-refractivity contribution in [1.82, 2.24) is 19.7 Å². The van der Waals surface area contributed by atoms with E-state index in [1.54, 1.807) is 45.8 Å². The van der Waals surface area contributed by atoms with Crippen LogP contribution in [0.2, 0.25) is 5.02 Å². The summed E-state index contributed by atoms with van der Waals surface area (Å²) in [5.41, 5.74) is 4.74. The van der Waals surface area contributed by atoms with E-state index in [0.717, 1.165) is 41.5 Å². The maximum atomic E-state index is 13.4. The highest BCUT2D eigenvalue weighted by atomic mass is 35.5. The highest BCUT2D eigenvalue weighted by Gasteiger charge is 2.26. The molecule has 0 bridgehead atoms. The molecule has 3 aromatic carbocycles. The summed E-state index contributed by atoms with van der Waals surface area (Å²) >= 11 is 6.32. The van der Waals surface area contributed by atoms with Crippen LogP contribution < -0.4 is 10.9 Å². The van der Waals surface area contributed by atoms with E-state index in [4.69, 9.17) is 21.4 Å². The number of carbonyl (C=O) groups is 1. The molecule has 8 nitrogen and oxygen atoms in total. The molecule has 1 aliphatic heterocycles. The second-order valence-corrected chi connectivity index (χ2v) is 11.1. The lowest BCUT2D eigenvalue weighted by Gasteiger charge is -2.23. The van der Waals surface area contributed by atoms with Crippen LogP contribution in [0.25, 0.3) is 10.9 Å². The number of fused-ring (bicyclic) bond motifs is 1. The quantitative estimate of drug-likeness (QED) is 0.232. The predicted octanol–water partition coefficient (Wildman–Crippen LogP) is 6.18. The molecule has 1 fully saturated rings. The molecule has 1 amide bonds. The topological polar surface area (TPSA) is 102 Å². The fourth-order valence-electron chi connectivity index (χ4n) is 5.47. The molecule has 0 saturated carbocycles. The maximum Gasteiger partial charge on any atom is 0.252 e. The number of nitriles is 1. The molecular formula is C34H30ClN5O3. The van der Waals surface area contributed by atoms with Gasteiger partial charge in [0.05, 0.1) is 18.1 Å². The van der Waals surface area contributed by atoms with E-state index in [2.05, 4.69) is 11.4 Å². The highest BCUT2D eigenvalue weighted by molar-refractivity contribution is 6.31. The van der Waals surface area contributed by atoms with Gasteiger partial charge in [0, 0.05) is 34.8 Å². The molecule has 2 aromatic heterocycles. The Morgan fingerprint density at radius 2 is 1.86 bits per heavy atom. The Kier molecular flexibility index (Phi) is 8.36. The van der Waals surface area contributed by atoms with Crippen molar-refractivity contribution in [3.8, 4) is 6.07 Å². The Morgan fingerprint density at radius 1 is 1.02 bits per heavy atom. The zero-order chi connectivity index (χ0) is 29.8.